The number of pyridine rings is 1. The van der Waals surface area contributed by atoms with Crippen LogP contribution in [0.3, 0.4) is 0 Å². The van der Waals surface area contributed by atoms with Gasteiger partial charge in [-0.1, -0.05) is 35.9 Å². The van der Waals surface area contributed by atoms with Crippen molar-refractivity contribution in [3.8, 4) is 0 Å². The highest BCUT2D eigenvalue weighted by molar-refractivity contribution is 5.92. The highest BCUT2D eigenvalue weighted by Crippen LogP contribution is 2.28. The highest BCUT2D eigenvalue weighted by Gasteiger charge is 2.25. The van der Waals surface area contributed by atoms with Crippen LogP contribution in [0, 0.1) is 6.92 Å². The molecule has 3 heteroatoms. The first-order valence-corrected chi connectivity index (χ1v) is 7.51. The van der Waals surface area contributed by atoms with Gasteiger partial charge in [0.25, 0.3) is 5.91 Å². The molecule has 3 nitrogen and oxygen atoms in total. The number of amides is 1. The van der Waals surface area contributed by atoms with Gasteiger partial charge in [-0.05, 0) is 37.5 Å². The number of rotatable bonds is 2. The van der Waals surface area contributed by atoms with Crippen LogP contribution >= 0.6 is 0 Å². The van der Waals surface area contributed by atoms with E-state index in [1.807, 2.05) is 17.0 Å². The average molecular weight is 280 g/mol. The Labute approximate surface area is 125 Å². The summed E-state index contributed by atoms with van der Waals surface area (Å²) in [4.78, 5) is 18.6. The first-order chi connectivity index (χ1) is 10.2. The van der Waals surface area contributed by atoms with Gasteiger partial charge in [0.15, 0.2) is 0 Å². The lowest BCUT2D eigenvalue weighted by atomic mass is 9.89. The van der Waals surface area contributed by atoms with E-state index in [9.17, 15) is 4.79 Å². The number of nitrogens with zero attached hydrogens (tertiary/aromatic N) is 2. The Bertz CT molecular complexity index is 624. The molecule has 1 aromatic carbocycles. The van der Waals surface area contributed by atoms with Crippen LogP contribution in [0.1, 0.15) is 40.4 Å². The summed E-state index contributed by atoms with van der Waals surface area (Å²) in [7, 11) is 0. The van der Waals surface area contributed by atoms with E-state index in [0.29, 0.717) is 11.6 Å². The lowest BCUT2D eigenvalue weighted by molar-refractivity contribution is 0.0701. The van der Waals surface area contributed by atoms with E-state index >= 15 is 0 Å². The predicted molar refractivity (Wildman–Crippen MR) is 83.3 cm³/mol. The minimum absolute atomic E-state index is 0.0490. The normalized spacial score (nSPS) is 18.5. The molecule has 1 aromatic heterocycles. The molecule has 0 saturated carbocycles. The molecular formula is C18H20N2O. The summed E-state index contributed by atoms with van der Waals surface area (Å²) in [6.45, 7) is 3.74. The van der Waals surface area contributed by atoms with Gasteiger partial charge in [-0.2, -0.15) is 0 Å². The molecule has 1 saturated heterocycles. The number of aromatic nitrogens is 1. The SMILES string of the molecule is Cc1cccc(C2CCCN(C(=O)c3ccccn3)C2)c1. The molecule has 0 N–H and O–H groups in total. The molecule has 1 atom stereocenters. The Balaban J connectivity index is 1.75. The molecule has 0 spiro atoms. The molecule has 0 bridgehead atoms. The molecule has 1 aliphatic heterocycles. The number of hydrogen-bond donors (Lipinski definition) is 0. The number of aryl methyl sites for hydroxylation is 1. The summed E-state index contributed by atoms with van der Waals surface area (Å²) in [6, 6.07) is 14.1. The molecule has 1 fully saturated rings. The van der Waals surface area contributed by atoms with Gasteiger partial charge in [0.05, 0.1) is 0 Å². The van der Waals surface area contributed by atoms with Crippen LogP contribution in [0.2, 0.25) is 0 Å². The molecule has 3 rings (SSSR count). The Morgan fingerprint density at radius 3 is 2.90 bits per heavy atom. The second-order valence-corrected chi connectivity index (χ2v) is 5.72. The minimum Gasteiger partial charge on any atom is -0.337 e. The number of benzene rings is 1. The quantitative estimate of drug-likeness (QED) is 0.844. The predicted octanol–water partition coefficient (Wildman–Crippen LogP) is 3.41. The average Bonchev–Trinajstić information content (AvgIpc) is 2.55. The zero-order chi connectivity index (χ0) is 14.7. The van der Waals surface area contributed by atoms with Crippen molar-refractivity contribution >= 4 is 5.91 Å². The summed E-state index contributed by atoms with van der Waals surface area (Å²) in [5.74, 6) is 0.485. The van der Waals surface area contributed by atoms with Crippen LogP contribution in [0.5, 0.6) is 0 Å². The molecule has 2 heterocycles. The van der Waals surface area contributed by atoms with Gasteiger partial charge in [0.2, 0.25) is 0 Å². The van der Waals surface area contributed by atoms with Gasteiger partial charge in [-0.15, -0.1) is 0 Å². The van der Waals surface area contributed by atoms with Gasteiger partial charge in [-0.3, -0.25) is 9.78 Å². The molecule has 108 valence electrons. The van der Waals surface area contributed by atoms with Gasteiger partial charge in [0.1, 0.15) is 5.69 Å². The van der Waals surface area contributed by atoms with Gasteiger partial charge < -0.3 is 4.90 Å². The maximum absolute atomic E-state index is 12.5. The minimum atomic E-state index is 0.0490. The Morgan fingerprint density at radius 2 is 2.14 bits per heavy atom. The Morgan fingerprint density at radius 1 is 1.24 bits per heavy atom. The zero-order valence-corrected chi connectivity index (χ0v) is 12.3. The third-order valence-corrected chi connectivity index (χ3v) is 4.11. The molecule has 2 aromatic rings. The molecule has 1 aliphatic rings. The number of carbonyl (C=O) groups is 1. The largest absolute Gasteiger partial charge is 0.337 e. The van der Waals surface area contributed by atoms with Crippen molar-refractivity contribution in [2.24, 2.45) is 0 Å². The maximum atomic E-state index is 12.5. The smallest absolute Gasteiger partial charge is 0.272 e. The van der Waals surface area contributed by atoms with Crippen molar-refractivity contribution < 1.29 is 4.79 Å². The second kappa shape index (κ2) is 6.08. The zero-order valence-electron chi connectivity index (χ0n) is 12.3. The molecular weight excluding hydrogens is 260 g/mol. The standard InChI is InChI=1S/C18H20N2O/c1-14-6-4-7-15(12-14)16-8-5-11-20(13-16)18(21)17-9-2-3-10-19-17/h2-4,6-7,9-10,12,16H,5,8,11,13H2,1H3. The molecule has 21 heavy (non-hydrogen) atoms. The van der Waals surface area contributed by atoms with E-state index in [0.717, 1.165) is 25.9 Å². The molecule has 0 aliphatic carbocycles. The van der Waals surface area contributed by atoms with Crippen molar-refractivity contribution in [2.75, 3.05) is 13.1 Å². The maximum Gasteiger partial charge on any atom is 0.272 e. The van der Waals surface area contributed by atoms with Crippen LogP contribution in [-0.4, -0.2) is 28.9 Å². The summed E-state index contributed by atoms with van der Waals surface area (Å²) in [6.07, 6.45) is 3.88. The van der Waals surface area contributed by atoms with Gasteiger partial charge in [0, 0.05) is 25.2 Å². The van der Waals surface area contributed by atoms with E-state index in [4.69, 9.17) is 0 Å². The topological polar surface area (TPSA) is 33.2 Å². The molecule has 1 amide bonds. The van der Waals surface area contributed by atoms with Gasteiger partial charge in [-0.25, -0.2) is 0 Å². The lowest BCUT2D eigenvalue weighted by Gasteiger charge is -2.33. The Hall–Kier alpha value is -2.16. The van der Waals surface area contributed by atoms with Crippen LogP contribution < -0.4 is 0 Å². The lowest BCUT2D eigenvalue weighted by Crippen LogP contribution is -2.39. The van der Waals surface area contributed by atoms with E-state index in [1.54, 1.807) is 12.3 Å². The summed E-state index contributed by atoms with van der Waals surface area (Å²) >= 11 is 0. The van der Waals surface area contributed by atoms with Crippen LogP contribution in [0.25, 0.3) is 0 Å². The number of piperidine rings is 1. The molecule has 0 radical (unpaired) electrons. The van der Waals surface area contributed by atoms with E-state index in [2.05, 4.69) is 36.2 Å². The van der Waals surface area contributed by atoms with Crippen molar-refractivity contribution in [1.29, 1.82) is 0 Å². The van der Waals surface area contributed by atoms with Crippen molar-refractivity contribution in [3.63, 3.8) is 0 Å². The van der Waals surface area contributed by atoms with Crippen LogP contribution in [0.4, 0.5) is 0 Å². The number of hydrogen-bond acceptors (Lipinski definition) is 2. The van der Waals surface area contributed by atoms with E-state index < -0.39 is 0 Å². The van der Waals surface area contributed by atoms with Gasteiger partial charge >= 0.3 is 0 Å². The monoisotopic (exact) mass is 280 g/mol. The summed E-state index contributed by atoms with van der Waals surface area (Å²) in [5.41, 5.74) is 3.16. The highest BCUT2D eigenvalue weighted by atomic mass is 16.2. The van der Waals surface area contributed by atoms with Crippen molar-refractivity contribution in [3.05, 3.63) is 65.5 Å². The number of carbonyl (C=O) groups excluding carboxylic acids is 1. The third kappa shape index (κ3) is 3.13. The fourth-order valence-electron chi connectivity index (χ4n) is 3.01. The first-order valence-electron chi connectivity index (χ1n) is 7.51. The van der Waals surface area contributed by atoms with Crippen LogP contribution in [0.15, 0.2) is 48.7 Å². The van der Waals surface area contributed by atoms with E-state index in [-0.39, 0.29) is 5.91 Å². The van der Waals surface area contributed by atoms with E-state index in [1.165, 1.54) is 11.1 Å². The Kier molecular flexibility index (Phi) is 4.00. The fourth-order valence-corrected chi connectivity index (χ4v) is 3.01. The second-order valence-electron chi connectivity index (χ2n) is 5.72. The summed E-state index contributed by atoms with van der Waals surface area (Å²) < 4.78 is 0. The van der Waals surface area contributed by atoms with Crippen LogP contribution in [-0.2, 0) is 0 Å². The summed E-state index contributed by atoms with van der Waals surface area (Å²) in [5, 5.41) is 0. The third-order valence-electron chi connectivity index (χ3n) is 4.11. The molecule has 1 unspecified atom stereocenters. The van der Waals surface area contributed by atoms with Crippen molar-refractivity contribution in [2.45, 2.75) is 25.7 Å². The number of likely N-dealkylation sites (tertiary alicyclic amines) is 1. The van der Waals surface area contributed by atoms with Crippen molar-refractivity contribution in [1.82, 2.24) is 9.88 Å². The first kappa shape index (κ1) is 13.8. The fraction of sp³-hybridized carbons (Fsp3) is 0.333.